The van der Waals surface area contributed by atoms with E-state index in [1.165, 1.54) is 7.11 Å². The number of carbonyl (C=O) groups is 1. The summed E-state index contributed by atoms with van der Waals surface area (Å²) in [6, 6.07) is 5.44. The van der Waals surface area contributed by atoms with Gasteiger partial charge in [-0.3, -0.25) is 0 Å². The fourth-order valence-corrected chi connectivity index (χ4v) is 1.78. The van der Waals surface area contributed by atoms with E-state index in [4.69, 9.17) is 9.47 Å². The molecule has 16 heavy (non-hydrogen) atoms. The predicted octanol–water partition coefficient (Wildman–Crippen LogP) is 3.16. The molecule has 0 aliphatic carbocycles. The molecule has 0 aliphatic rings. The first-order valence-corrected chi connectivity index (χ1v) is 6.15. The summed E-state index contributed by atoms with van der Waals surface area (Å²) in [5, 5.41) is 0.639. The lowest BCUT2D eigenvalue weighted by Gasteiger charge is -2.16. The van der Waals surface area contributed by atoms with Crippen LogP contribution in [0.5, 0.6) is 5.75 Å². The normalized spacial score (nSPS) is 10.3. The van der Waals surface area contributed by atoms with Crippen molar-refractivity contribution in [2.45, 2.75) is 25.3 Å². The number of rotatable bonds is 4. The van der Waals surface area contributed by atoms with Crippen molar-refractivity contribution in [3.05, 3.63) is 29.3 Å². The van der Waals surface area contributed by atoms with Crippen LogP contribution in [0.1, 0.15) is 29.8 Å². The van der Waals surface area contributed by atoms with Crippen molar-refractivity contribution in [1.82, 2.24) is 0 Å². The molecule has 0 fully saturated rings. The second-order valence-electron chi connectivity index (χ2n) is 3.59. The molecular formula is C12H15BrO3. The van der Waals surface area contributed by atoms with Crippen LogP contribution in [0.25, 0.3) is 0 Å². The van der Waals surface area contributed by atoms with E-state index in [1.54, 1.807) is 6.07 Å². The average molecular weight is 287 g/mol. The molecule has 0 heterocycles. The van der Waals surface area contributed by atoms with Gasteiger partial charge in [-0.25, -0.2) is 4.79 Å². The van der Waals surface area contributed by atoms with Gasteiger partial charge in [0.05, 0.1) is 13.2 Å². The van der Waals surface area contributed by atoms with E-state index in [-0.39, 0.29) is 12.1 Å². The second kappa shape index (κ2) is 5.89. The van der Waals surface area contributed by atoms with E-state index in [0.29, 0.717) is 16.6 Å². The summed E-state index contributed by atoms with van der Waals surface area (Å²) in [5.74, 6) is 0.222. The summed E-state index contributed by atoms with van der Waals surface area (Å²) < 4.78 is 10.4. The Morgan fingerprint density at radius 3 is 2.62 bits per heavy atom. The first-order chi connectivity index (χ1) is 7.60. The summed E-state index contributed by atoms with van der Waals surface area (Å²) in [7, 11) is 1.36. The number of carbonyl (C=O) groups excluding carboxylic acids is 1. The first kappa shape index (κ1) is 13.0. The molecule has 3 nitrogen and oxygen atoms in total. The second-order valence-corrected chi connectivity index (χ2v) is 4.15. The van der Waals surface area contributed by atoms with Crippen LogP contribution >= 0.6 is 15.9 Å². The third kappa shape index (κ3) is 2.98. The quantitative estimate of drug-likeness (QED) is 0.630. The maximum Gasteiger partial charge on any atom is 0.341 e. The van der Waals surface area contributed by atoms with Crippen LogP contribution in [0.15, 0.2) is 18.2 Å². The molecule has 1 aromatic rings. The average Bonchev–Trinajstić information content (AvgIpc) is 2.27. The standard InChI is InChI=1S/C12H15BrO3/c1-8(2)16-11-9(7-13)5-4-6-10(11)12(14)15-3/h4-6,8H,7H2,1-3H3. The Hall–Kier alpha value is -1.03. The van der Waals surface area contributed by atoms with Gasteiger partial charge in [0.25, 0.3) is 0 Å². The molecule has 4 heteroatoms. The van der Waals surface area contributed by atoms with Crippen LogP contribution in [-0.4, -0.2) is 19.2 Å². The van der Waals surface area contributed by atoms with Crippen LogP contribution in [-0.2, 0) is 10.1 Å². The van der Waals surface area contributed by atoms with Gasteiger partial charge in [-0.05, 0) is 19.9 Å². The van der Waals surface area contributed by atoms with Gasteiger partial charge < -0.3 is 9.47 Å². The molecule has 0 saturated heterocycles. The molecule has 0 bridgehead atoms. The van der Waals surface area contributed by atoms with Gasteiger partial charge in [-0.15, -0.1) is 0 Å². The molecule has 0 atom stereocenters. The lowest BCUT2D eigenvalue weighted by Crippen LogP contribution is -2.12. The Bertz CT molecular complexity index is 375. The largest absolute Gasteiger partial charge is 0.490 e. The van der Waals surface area contributed by atoms with Crippen LogP contribution in [0.3, 0.4) is 0 Å². The van der Waals surface area contributed by atoms with Gasteiger partial charge in [0, 0.05) is 10.9 Å². The maximum atomic E-state index is 11.6. The summed E-state index contributed by atoms with van der Waals surface area (Å²) in [4.78, 5) is 11.6. The minimum Gasteiger partial charge on any atom is -0.490 e. The lowest BCUT2D eigenvalue weighted by molar-refractivity contribution is 0.0594. The molecule has 0 amide bonds. The van der Waals surface area contributed by atoms with Crippen molar-refractivity contribution in [1.29, 1.82) is 0 Å². The number of benzene rings is 1. The number of para-hydroxylation sites is 1. The monoisotopic (exact) mass is 286 g/mol. The molecule has 0 radical (unpaired) electrons. The number of hydrogen-bond donors (Lipinski definition) is 0. The summed E-state index contributed by atoms with van der Waals surface area (Å²) in [5.41, 5.74) is 1.41. The fourth-order valence-electron chi connectivity index (χ4n) is 1.34. The van der Waals surface area contributed by atoms with Crippen LogP contribution < -0.4 is 4.74 Å². The van der Waals surface area contributed by atoms with Crippen LogP contribution in [0.2, 0.25) is 0 Å². The maximum absolute atomic E-state index is 11.6. The highest BCUT2D eigenvalue weighted by molar-refractivity contribution is 9.08. The van der Waals surface area contributed by atoms with E-state index in [9.17, 15) is 4.79 Å². The summed E-state index contributed by atoms with van der Waals surface area (Å²) in [6.07, 6.45) is 0.0172. The first-order valence-electron chi connectivity index (χ1n) is 5.03. The third-order valence-electron chi connectivity index (χ3n) is 2.00. The SMILES string of the molecule is COC(=O)c1cccc(CBr)c1OC(C)C. The minimum absolute atomic E-state index is 0.0172. The molecule has 0 N–H and O–H groups in total. The number of halogens is 1. The molecule has 88 valence electrons. The molecule has 0 saturated carbocycles. The number of ether oxygens (including phenoxy) is 2. The van der Waals surface area contributed by atoms with Crippen molar-refractivity contribution < 1.29 is 14.3 Å². The van der Waals surface area contributed by atoms with Crippen molar-refractivity contribution in [3.8, 4) is 5.75 Å². The van der Waals surface area contributed by atoms with Crippen molar-refractivity contribution >= 4 is 21.9 Å². The smallest absolute Gasteiger partial charge is 0.341 e. The van der Waals surface area contributed by atoms with E-state index in [0.717, 1.165) is 5.56 Å². The van der Waals surface area contributed by atoms with Gasteiger partial charge in [0.1, 0.15) is 11.3 Å². The Labute approximate surface area is 104 Å². The van der Waals surface area contributed by atoms with E-state index in [1.807, 2.05) is 26.0 Å². The van der Waals surface area contributed by atoms with Gasteiger partial charge in [-0.2, -0.15) is 0 Å². The van der Waals surface area contributed by atoms with Gasteiger partial charge in [0.15, 0.2) is 0 Å². The van der Waals surface area contributed by atoms with Crippen LogP contribution in [0, 0.1) is 0 Å². The number of methoxy groups -OCH3 is 1. The Kier molecular flexibility index (Phi) is 4.80. The molecule has 0 unspecified atom stereocenters. The Morgan fingerprint density at radius 1 is 1.44 bits per heavy atom. The molecule has 1 aromatic carbocycles. The molecule has 0 aromatic heterocycles. The fraction of sp³-hybridized carbons (Fsp3) is 0.417. The number of hydrogen-bond acceptors (Lipinski definition) is 3. The van der Waals surface area contributed by atoms with Crippen molar-refractivity contribution in [2.24, 2.45) is 0 Å². The lowest BCUT2D eigenvalue weighted by atomic mass is 10.1. The summed E-state index contributed by atoms with van der Waals surface area (Å²) >= 11 is 3.37. The topological polar surface area (TPSA) is 35.5 Å². The summed E-state index contributed by atoms with van der Waals surface area (Å²) in [6.45, 7) is 3.85. The van der Waals surface area contributed by atoms with E-state index >= 15 is 0 Å². The highest BCUT2D eigenvalue weighted by Gasteiger charge is 2.17. The highest BCUT2D eigenvalue weighted by Crippen LogP contribution is 2.27. The van der Waals surface area contributed by atoms with Gasteiger partial charge >= 0.3 is 5.97 Å². The van der Waals surface area contributed by atoms with Crippen LogP contribution in [0.4, 0.5) is 0 Å². The van der Waals surface area contributed by atoms with Gasteiger partial charge in [-0.1, -0.05) is 28.1 Å². The Morgan fingerprint density at radius 2 is 2.12 bits per heavy atom. The van der Waals surface area contributed by atoms with Crippen molar-refractivity contribution in [3.63, 3.8) is 0 Å². The number of esters is 1. The van der Waals surface area contributed by atoms with Gasteiger partial charge in [0.2, 0.25) is 0 Å². The highest BCUT2D eigenvalue weighted by atomic mass is 79.9. The predicted molar refractivity (Wildman–Crippen MR) is 66.2 cm³/mol. The molecule has 0 spiro atoms. The third-order valence-corrected chi connectivity index (χ3v) is 2.60. The number of alkyl halides is 1. The van der Waals surface area contributed by atoms with Crippen molar-refractivity contribution in [2.75, 3.05) is 7.11 Å². The molecular weight excluding hydrogens is 272 g/mol. The van der Waals surface area contributed by atoms with E-state index in [2.05, 4.69) is 15.9 Å². The molecule has 1 rings (SSSR count). The molecule has 0 aliphatic heterocycles. The zero-order valence-corrected chi connectivity index (χ0v) is 11.2. The van der Waals surface area contributed by atoms with E-state index < -0.39 is 0 Å². The zero-order valence-electron chi connectivity index (χ0n) is 9.62. The zero-order chi connectivity index (χ0) is 12.1. The minimum atomic E-state index is -0.376. The Balaban J connectivity index is 3.20.